The van der Waals surface area contributed by atoms with Gasteiger partial charge in [0.1, 0.15) is 11.5 Å². The molecular weight excluding hydrogens is 368 g/mol. The number of aromatic nitrogens is 2. The summed E-state index contributed by atoms with van der Waals surface area (Å²) >= 11 is 0. The van der Waals surface area contributed by atoms with Crippen molar-refractivity contribution >= 4 is 17.4 Å². The van der Waals surface area contributed by atoms with Gasteiger partial charge in [-0.2, -0.15) is 10.2 Å². The summed E-state index contributed by atoms with van der Waals surface area (Å²) in [6, 6.07) is 15.8. The fourth-order valence-corrected chi connectivity index (χ4v) is 3.50. The number of carbonyl (C=O) groups excluding carboxylic acids is 2. The molecule has 0 radical (unpaired) electrons. The Morgan fingerprint density at radius 2 is 1.83 bits per heavy atom. The van der Waals surface area contributed by atoms with Crippen LogP contribution in [0.4, 0.5) is 0 Å². The summed E-state index contributed by atoms with van der Waals surface area (Å²) in [4.78, 5) is 25.5. The number of hydrogen-bond donors (Lipinski definition) is 2. The topological polar surface area (TPSA) is 96.6 Å². The van der Waals surface area contributed by atoms with Gasteiger partial charge < -0.3 is 5.11 Å². The lowest BCUT2D eigenvalue weighted by atomic mass is 9.74. The molecule has 1 aromatic heterocycles. The number of phenolic OH excluding ortho intramolecular Hbond substituents is 1. The Morgan fingerprint density at radius 3 is 2.55 bits per heavy atom. The predicted octanol–water partition coefficient (Wildman–Crippen LogP) is 3.13. The standard InChI is InChI=1S/C22H20N4O3/c1-22(2)12-17-16(13-23-26(17)14-8-4-3-5-9-14)19(28)20(22)24-25-21(29)15-10-6-7-11-18(15)27/h3-11,13,27H,12H2,1-2H3,(H,25,29). The Bertz CT molecular complexity index is 1130. The smallest absolute Gasteiger partial charge is 0.275 e. The fourth-order valence-electron chi connectivity index (χ4n) is 3.50. The maximum Gasteiger partial charge on any atom is 0.275 e. The van der Waals surface area contributed by atoms with E-state index in [0.29, 0.717) is 12.0 Å². The van der Waals surface area contributed by atoms with E-state index in [1.54, 1.807) is 23.0 Å². The lowest BCUT2D eigenvalue weighted by Gasteiger charge is -2.30. The number of rotatable bonds is 3. The molecular formula is C22H20N4O3. The second-order valence-electron chi connectivity index (χ2n) is 7.56. The molecule has 1 aliphatic rings. The molecule has 1 amide bonds. The average molecular weight is 388 g/mol. The Labute approximate surface area is 167 Å². The van der Waals surface area contributed by atoms with Crippen LogP contribution in [0.25, 0.3) is 5.69 Å². The monoisotopic (exact) mass is 388 g/mol. The minimum atomic E-state index is -0.608. The van der Waals surface area contributed by atoms with E-state index in [1.807, 2.05) is 44.2 Å². The van der Waals surface area contributed by atoms with Gasteiger partial charge in [0.15, 0.2) is 0 Å². The predicted molar refractivity (Wildman–Crippen MR) is 108 cm³/mol. The number of hydrazone groups is 1. The minimum Gasteiger partial charge on any atom is -0.507 e. The molecule has 3 aromatic rings. The summed E-state index contributed by atoms with van der Waals surface area (Å²) in [6.45, 7) is 3.81. The van der Waals surface area contributed by atoms with Crippen LogP contribution in [0.5, 0.6) is 5.75 Å². The van der Waals surface area contributed by atoms with Crippen LogP contribution in [-0.2, 0) is 6.42 Å². The number of Topliss-reactive ketones (excluding diaryl/α,β-unsaturated/α-hetero) is 1. The first kappa shape index (κ1) is 18.6. The van der Waals surface area contributed by atoms with Gasteiger partial charge in [0.25, 0.3) is 5.91 Å². The summed E-state index contributed by atoms with van der Waals surface area (Å²) in [6.07, 6.45) is 2.08. The van der Waals surface area contributed by atoms with E-state index in [2.05, 4.69) is 15.6 Å². The number of hydrogen-bond acceptors (Lipinski definition) is 5. The van der Waals surface area contributed by atoms with Gasteiger partial charge in [-0.1, -0.05) is 44.2 Å². The molecule has 0 spiro atoms. The highest BCUT2D eigenvalue weighted by Gasteiger charge is 2.40. The SMILES string of the molecule is CC1(C)Cc2c(cnn2-c2ccccc2)C(=O)C1=NNC(=O)c1ccccc1O. The van der Waals surface area contributed by atoms with E-state index in [-0.39, 0.29) is 22.8 Å². The molecule has 2 aromatic carbocycles. The van der Waals surface area contributed by atoms with Crippen LogP contribution in [0.15, 0.2) is 65.9 Å². The van der Waals surface area contributed by atoms with E-state index in [1.165, 1.54) is 12.1 Å². The molecule has 7 nitrogen and oxygen atoms in total. The van der Waals surface area contributed by atoms with Crippen molar-refractivity contribution in [3.8, 4) is 11.4 Å². The number of nitrogens with one attached hydrogen (secondary N) is 1. The van der Waals surface area contributed by atoms with E-state index in [0.717, 1.165) is 11.4 Å². The second-order valence-corrected chi connectivity index (χ2v) is 7.56. The van der Waals surface area contributed by atoms with Crippen molar-refractivity contribution in [1.82, 2.24) is 15.2 Å². The van der Waals surface area contributed by atoms with Crippen molar-refractivity contribution < 1.29 is 14.7 Å². The minimum absolute atomic E-state index is 0.0931. The Kier molecular flexibility index (Phi) is 4.50. The van der Waals surface area contributed by atoms with Crippen LogP contribution in [-0.4, -0.2) is 32.3 Å². The quantitative estimate of drug-likeness (QED) is 0.674. The highest BCUT2D eigenvalue weighted by atomic mass is 16.3. The number of fused-ring (bicyclic) bond motifs is 1. The normalized spacial score (nSPS) is 16.5. The van der Waals surface area contributed by atoms with E-state index in [4.69, 9.17) is 0 Å². The highest BCUT2D eigenvalue weighted by Crippen LogP contribution is 2.34. The number of aromatic hydroxyl groups is 1. The molecule has 4 rings (SSSR count). The van der Waals surface area contributed by atoms with Gasteiger partial charge in [0, 0.05) is 11.8 Å². The van der Waals surface area contributed by atoms with Crippen molar-refractivity contribution in [2.24, 2.45) is 10.5 Å². The molecule has 1 aliphatic carbocycles. The molecule has 2 N–H and O–H groups in total. The van der Waals surface area contributed by atoms with Gasteiger partial charge in [0.2, 0.25) is 5.78 Å². The van der Waals surface area contributed by atoms with E-state index < -0.39 is 11.3 Å². The largest absolute Gasteiger partial charge is 0.507 e. The van der Waals surface area contributed by atoms with Crippen LogP contribution in [0.1, 0.15) is 40.3 Å². The van der Waals surface area contributed by atoms with Crippen LogP contribution < -0.4 is 5.43 Å². The molecule has 0 bridgehead atoms. The highest BCUT2D eigenvalue weighted by molar-refractivity contribution is 6.48. The average Bonchev–Trinajstić information content (AvgIpc) is 3.11. The zero-order valence-electron chi connectivity index (χ0n) is 16.1. The van der Waals surface area contributed by atoms with Gasteiger partial charge in [-0.05, 0) is 24.3 Å². The molecule has 0 saturated carbocycles. The van der Waals surface area contributed by atoms with Crippen molar-refractivity contribution in [2.45, 2.75) is 20.3 Å². The van der Waals surface area contributed by atoms with Crippen LogP contribution in [0.3, 0.4) is 0 Å². The number of benzene rings is 2. The number of para-hydroxylation sites is 2. The van der Waals surface area contributed by atoms with Gasteiger partial charge in [-0.15, -0.1) is 0 Å². The van der Waals surface area contributed by atoms with Crippen LogP contribution in [0.2, 0.25) is 0 Å². The van der Waals surface area contributed by atoms with Crippen molar-refractivity contribution in [3.63, 3.8) is 0 Å². The summed E-state index contributed by atoms with van der Waals surface area (Å²) in [5, 5.41) is 18.4. The van der Waals surface area contributed by atoms with Gasteiger partial charge in [0.05, 0.1) is 28.7 Å². The first-order valence-electron chi connectivity index (χ1n) is 9.22. The molecule has 0 atom stereocenters. The number of ketones is 1. The van der Waals surface area contributed by atoms with E-state index in [9.17, 15) is 14.7 Å². The Balaban J connectivity index is 1.66. The third-order valence-corrected chi connectivity index (χ3v) is 5.00. The molecule has 0 saturated heterocycles. The van der Waals surface area contributed by atoms with Gasteiger partial charge in [-0.25, -0.2) is 10.1 Å². The number of carbonyl (C=O) groups is 2. The Morgan fingerprint density at radius 1 is 1.14 bits per heavy atom. The molecule has 0 unspecified atom stereocenters. The molecule has 146 valence electrons. The maximum atomic E-state index is 13.1. The molecule has 7 heteroatoms. The summed E-state index contributed by atoms with van der Waals surface area (Å²) < 4.78 is 1.77. The number of amides is 1. The second kappa shape index (κ2) is 7.01. The summed E-state index contributed by atoms with van der Waals surface area (Å²) in [5.74, 6) is -0.994. The third-order valence-electron chi connectivity index (χ3n) is 5.00. The zero-order valence-corrected chi connectivity index (χ0v) is 16.1. The summed E-state index contributed by atoms with van der Waals surface area (Å²) in [7, 11) is 0. The third kappa shape index (κ3) is 3.31. The Hall–Kier alpha value is -3.74. The van der Waals surface area contributed by atoms with Gasteiger partial charge in [-0.3, -0.25) is 9.59 Å². The molecule has 29 heavy (non-hydrogen) atoms. The molecule has 1 heterocycles. The first-order valence-corrected chi connectivity index (χ1v) is 9.22. The lowest BCUT2D eigenvalue weighted by Crippen LogP contribution is -2.40. The number of nitrogens with zero attached hydrogens (tertiary/aromatic N) is 3. The van der Waals surface area contributed by atoms with Crippen molar-refractivity contribution in [3.05, 3.63) is 77.6 Å². The molecule has 0 aliphatic heterocycles. The van der Waals surface area contributed by atoms with Gasteiger partial charge >= 0.3 is 0 Å². The van der Waals surface area contributed by atoms with Crippen LogP contribution in [0, 0.1) is 5.41 Å². The number of phenols is 1. The molecule has 0 fully saturated rings. The lowest BCUT2D eigenvalue weighted by molar-refractivity contribution is 0.0951. The summed E-state index contributed by atoms with van der Waals surface area (Å²) in [5.41, 5.74) is 4.31. The fraction of sp³-hybridized carbons (Fsp3) is 0.182. The van der Waals surface area contributed by atoms with Crippen molar-refractivity contribution in [2.75, 3.05) is 0 Å². The zero-order chi connectivity index (χ0) is 20.6. The first-order chi connectivity index (χ1) is 13.9. The van der Waals surface area contributed by atoms with Crippen LogP contribution >= 0.6 is 0 Å². The van der Waals surface area contributed by atoms with Crippen molar-refractivity contribution in [1.29, 1.82) is 0 Å². The maximum absolute atomic E-state index is 13.1. The van der Waals surface area contributed by atoms with E-state index >= 15 is 0 Å².